The fraction of sp³-hybridized carbons (Fsp3) is 0.409. The Morgan fingerprint density at radius 3 is 2.64 bits per heavy atom. The molecule has 3 N–H and O–H groups in total. The van der Waals surface area contributed by atoms with Crippen LogP contribution in [0.5, 0.6) is 0 Å². The largest absolute Gasteiger partial charge is 0.327 e. The van der Waals surface area contributed by atoms with E-state index in [1.807, 2.05) is 37.4 Å². The summed E-state index contributed by atoms with van der Waals surface area (Å²) >= 11 is 1.50. The molecule has 0 radical (unpaired) electrons. The molecule has 0 aromatic heterocycles. The second-order valence-corrected chi connectivity index (χ2v) is 7.92. The van der Waals surface area contributed by atoms with E-state index in [1.54, 1.807) is 12.1 Å². The number of nitrogens with zero attached hydrogens (tertiary/aromatic N) is 2. The highest BCUT2D eigenvalue weighted by molar-refractivity contribution is 7.97. The SMILES string of the molecule is CNSc1cccc(C#N)c1.NC(CCN1CCCC1)Cc1ccccc1F. The Morgan fingerprint density at radius 1 is 1.21 bits per heavy atom. The Kier molecular flexibility index (Phi) is 10.0. The molecule has 0 saturated carbocycles. The van der Waals surface area contributed by atoms with Gasteiger partial charge in [-0.2, -0.15) is 5.26 Å². The van der Waals surface area contributed by atoms with Gasteiger partial charge in [-0.05, 0) is 94.1 Å². The third kappa shape index (κ3) is 7.99. The first-order valence-electron chi connectivity index (χ1n) is 9.67. The number of nitriles is 1. The van der Waals surface area contributed by atoms with Gasteiger partial charge in [0.05, 0.1) is 11.6 Å². The van der Waals surface area contributed by atoms with Crippen LogP contribution in [0.15, 0.2) is 53.4 Å². The fourth-order valence-corrected chi connectivity index (χ4v) is 3.72. The molecule has 28 heavy (non-hydrogen) atoms. The quantitative estimate of drug-likeness (QED) is 0.689. The number of nitrogens with two attached hydrogens (primary N) is 1. The molecule has 0 aliphatic carbocycles. The van der Waals surface area contributed by atoms with Crippen LogP contribution >= 0.6 is 11.9 Å². The standard InChI is InChI=1S/C14H21FN2.C8H8N2S/c15-14-6-2-1-5-12(14)11-13(16)7-10-17-8-3-4-9-17;1-10-11-8-4-2-3-7(5-8)6-9/h1-2,5-6,13H,3-4,7-11,16H2;2-5,10H,1H3. The smallest absolute Gasteiger partial charge is 0.126 e. The van der Waals surface area contributed by atoms with Crippen LogP contribution in [-0.4, -0.2) is 37.6 Å². The normalized spacial score (nSPS) is 14.8. The third-order valence-electron chi connectivity index (χ3n) is 4.64. The predicted molar refractivity (Wildman–Crippen MR) is 114 cm³/mol. The highest BCUT2D eigenvalue weighted by Gasteiger charge is 2.13. The molecule has 3 rings (SSSR count). The lowest BCUT2D eigenvalue weighted by Gasteiger charge is -2.18. The van der Waals surface area contributed by atoms with Gasteiger partial charge in [0.1, 0.15) is 5.82 Å². The summed E-state index contributed by atoms with van der Waals surface area (Å²) in [7, 11) is 1.85. The zero-order valence-electron chi connectivity index (χ0n) is 16.4. The van der Waals surface area contributed by atoms with Crippen molar-refractivity contribution in [3.05, 3.63) is 65.5 Å². The first-order valence-corrected chi connectivity index (χ1v) is 10.5. The van der Waals surface area contributed by atoms with Gasteiger partial charge in [0.25, 0.3) is 0 Å². The van der Waals surface area contributed by atoms with E-state index < -0.39 is 0 Å². The molecule has 6 heteroatoms. The van der Waals surface area contributed by atoms with E-state index in [1.165, 1.54) is 43.9 Å². The van der Waals surface area contributed by atoms with Crippen molar-refractivity contribution in [2.45, 2.75) is 36.6 Å². The van der Waals surface area contributed by atoms with Crippen molar-refractivity contribution in [2.24, 2.45) is 5.73 Å². The molecule has 150 valence electrons. The Bertz CT molecular complexity index is 756. The molecule has 1 atom stereocenters. The summed E-state index contributed by atoms with van der Waals surface area (Å²) in [5.74, 6) is -0.135. The lowest BCUT2D eigenvalue weighted by molar-refractivity contribution is 0.320. The Morgan fingerprint density at radius 2 is 1.96 bits per heavy atom. The van der Waals surface area contributed by atoms with Crippen molar-refractivity contribution in [1.82, 2.24) is 9.62 Å². The van der Waals surface area contributed by atoms with Gasteiger partial charge in [-0.3, -0.25) is 4.72 Å². The van der Waals surface area contributed by atoms with Crippen molar-refractivity contribution in [3.8, 4) is 6.07 Å². The summed E-state index contributed by atoms with van der Waals surface area (Å²) in [6.07, 6.45) is 4.21. The molecule has 1 fully saturated rings. The van der Waals surface area contributed by atoms with Gasteiger partial charge in [-0.15, -0.1) is 0 Å². The Hall–Kier alpha value is -1.91. The van der Waals surface area contributed by atoms with E-state index >= 15 is 0 Å². The number of nitrogens with one attached hydrogen (secondary N) is 1. The molecule has 0 spiro atoms. The molecular weight excluding hydrogens is 371 g/mol. The molecule has 1 heterocycles. The highest BCUT2D eigenvalue weighted by Crippen LogP contribution is 2.14. The van der Waals surface area contributed by atoms with Gasteiger partial charge in [0.15, 0.2) is 0 Å². The average molecular weight is 401 g/mol. The Balaban J connectivity index is 0.000000221. The summed E-state index contributed by atoms with van der Waals surface area (Å²) in [5.41, 5.74) is 7.50. The molecule has 2 aromatic rings. The van der Waals surface area contributed by atoms with Gasteiger partial charge in [0.2, 0.25) is 0 Å². The van der Waals surface area contributed by atoms with E-state index in [0.717, 1.165) is 23.4 Å². The van der Waals surface area contributed by atoms with E-state index in [9.17, 15) is 4.39 Å². The second-order valence-electron chi connectivity index (χ2n) is 6.84. The number of hydrogen-bond donors (Lipinski definition) is 2. The molecule has 0 bridgehead atoms. The number of hydrogen-bond acceptors (Lipinski definition) is 5. The van der Waals surface area contributed by atoms with Gasteiger partial charge >= 0.3 is 0 Å². The number of halogens is 1. The van der Waals surface area contributed by atoms with Crippen molar-refractivity contribution in [2.75, 3.05) is 26.7 Å². The first-order chi connectivity index (χ1) is 13.6. The van der Waals surface area contributed by atoms with Gasteiger partial charge in [0, 0.05) is 10.9 Å². The first kappa shape index (κ1) is 22.4. The van der Waals surface area contributed by atoms with Gasteiger partial charge < -0.3 is 10.6 Å². The van der Waals surface area contributed by atoms with E-state index in [-0.39, 0.29) is 11.9 Å². The van der Waals surface area contributed by atoms with Crippen LogP contribution < -0.4 is 10.5 Å². The zero-order valence-corrected chi connectivity index (χ0v) is 17.2. The van der Waals surface area contributed by atoms with Crippen molar-refractivity contribution in [3.63, 3.8) is 0 Å². The maximum absolute atomic E-state index is 13.4. The lowest BCUT2D eigenvalue weighted by atomic mass is 10.0. The molecule has 1 unspecified atom stereocenters. The molecule has 4 nitrogen and oxygen atoms in total. The van der Waals surface area contributed by atoms with Gasteiger partial charge in [-0.1, -0.05) is 24.3 Å². The maximum Gasteiger partial charge on any atom is 0.126 e. The van der Waals surface area contributed by atoms with Gasteiger partial charge in [-0.25, -0.2) is 4.39 Å². The summed E-state index contributed by atoms with van der Waals surface area (Å²) in [6, 6.07) is 16.5. The van der Waals surface area contributed by atoms with Crippen LogP contribution in [0, 0.1) is 17.1 Å². The van der Waals surface area contributed by atoms with E-state index in [0.29, 0.717) is 12.0 Å². The maximum atomic E-state index is 13.4. The van der Waals surface area contributed by atoms with Crippen molar-refractivity contribution in [1.29, 1.82) is 5.26 Å². The minimum atomic E-state index is -0.135. The van der Waals surface area contributed by atoms with Crippen LogP contribution in [0.1, 0.15) is 30.4 Å². The minimum absolute atomic E-state index is 0.0625. The molecule has 1 saturated heterocycles. The number of benzene rings is 2. The van der Waals surface area contributed by atoms with Crippen LogP contribution in [0.2, 0.25) is 0 Å². The second kappa shape index (κ2) is 12.5. The number of likely N-dealkylation sites (tertiary alicyclic amines) is 1. The molecule has 0 amide bonds. The van der Waals surface area contributed by atoms with Crippen molar-refractivity contribution >= 4 is 11.9 Å². The Labute approximate surface area is 172 Å². The summed E-state index contributed by atoms with van der Waals surface area (Å²) in [6.45, 7) is 3.45. The molecule has 2 aromatic carbocycles. The average Bonchev–Trinajstić information content (AvgIpc) is 3.23. The topological polar surface area (TPSA) is 65.1 Å². The van der Waals surface area contributed by atoms with E-state index in [2.05, 4.69) is 15.7 Å². The fourth-order valence-electron chi connectivity index (χ4n) is 3.15. The monoisotopic (exact) mass is 400 g/mol. The van der Waals surface area contributed by atoms with Crippen molar-refractivity contribution < 1.29 is 4.39 Å². The highest BCUT2D eigenvalue weighted by atomic mass is 32.2. The summed E-state index contributed by atoms with van der Waals surface area (Å²) in [4.78, 5) is 3.51. The van der Waals surface area contributed by atoms with Crippen LogP contribution in [0.4, 0.5) is 4.39 Å². The third-order valence-corrected chi connectivity index (χ3v) is 5.33. The van der Waals surface area contributed by atoms with Crippen LogP contribution in [-0.2, 0) is 6.42 Å². The number of rotatable bonds is 7. The molecular formula is C22H29FN4S. The van der Waals surface area contributed by atoms with Crippen LogP contribution in [0.25, 0.3) is 0 Å². The zero-order chi connectivity index (χ0) is 20.2. The molecule has 1 aliphatic heterocycles. The van der Waals surface area contributed by atoms with E-state index in [4.69, 9.17) is 11.0 Å². The summed E-state index contributed by atoms with van der Waals surface area (Å²) < 4.78 is 16.4. The minimum Gasteiger partial charge on any atom is -0.327 e. The van der Waals surface area contributed by atoms with Crippen LogP contribution in [0.3, 0.4) is 0 Å². The predicted octanol–water partition coefficient (Wildman–Crippen LogP) is 3.97. The lowest BCUT2D eigenvalue weighted by Crippen LogP contribution is -2.30. The molecule has 1 aliphatic rings. The summed E-state index contributed by atoms with van der Waals surface area (Å²) in [5, 5.41) is 8.55.